The monoisotopic (exact) mass is 296 g/mol. The van der Waals surface area contributed by atoms with E-state index in [1.807, 2.05) is 0 Å². The van der Waals surface area contributed by atoms with Crippen LogP contribution in [0.15, 0.2) is 0 Å². The van der Waals surface area contributed by atoms with Crippen molar-refractivity contribution >= 4 is 11.9 Å². The number of carboxylic acids is 2. The molecule has 0 saturated heterocycles. The lowest BCUT2D eigenvalue weighted by atomic mass is 10.2. The molecule has 0 aliphatic carbocycles. The predicted molar refractivity (Wildman–Crippen MR) is 69.4 cm³/mol. The Labute approximate surface area is 117 Å². The summed E-state index contributed by atoms with van der Waals surface area (Å²) in [6, 6.07) is -1.06. The number of aliphatic carboxylic acids is 2. The lowest BCUT2D eigenvalue weighted by molar-refractivity contribution is -0.159. The Morgan fingerprint density at radius 1 is 1.00 bits per heavy atom. The van der Waals surface area contributed by atoms with Gasteiger partial charge in [0.25, 0.3) is 0 Å². The normalized spacial score (nSPS) is 16.6. The van der Waals surface area contributed by atoms with Crippen molar-refractivity contribution < 1.29 is 35.1 Å². The average molecular weight is 296 g/mol. The third-order valence-electron chi connectivity index (χ3n) is 2.28. The van der Waals surface area contributed by atoms with Gasteiger partial charge in [-0.05, 0) is 27.2 Å². The van der Waals surface area contributed by atoms with Crippen molar-refractivity contribution in [2.75, 3.05) is 0 Å². The quantitative estimate of drug-likeness (QED) is 0.309. The largest absolute Gasteiger partial charge is 0.481 e. The highest BCUT2D eigenvalue weighted by Gasteiger charge is 2.20. The van der Waals surface area contributed by atoms with Crippen molar-refractivity contribution in [2.45, 2.75) is 58.3 Å². The zero-order chi connectivity index (χ0) is 16.5. The Bertz CT molecular complexity index is 275. The fraction of sp³-hybridized carbons (Fsp3) is 0.818. The molecule has 0 rings (SSSR count). The minimum atomic E-state index is -1.17. The van der Waals surface area contributed by atoms with Crippen LogP contribution >= 0.6 is 0 Å². The van der Waals surface area contributed by atoms with Gasteiger partial charge in [-0.15, -0.1) is 0 Å². The van der Waals surface area contributed by atoms with Gasteiger partial charge in [-0.2, -0.15) is 0 Å². The summed E-state index contributed by atoms with van der Waals surface area (Å²) in [5.41, 5.74) is 5.00. The molecule has 0 bridgehead atoms. The summed E-state index contributed by atoms with van der Waals surface area (Å²) in [4.78, 5) is 21.0. The second-order valence-corrected chi connectivity index (χ2v) is 4.22. The van der Waals surface area contributed by atoms with Crippen molar-refractivity contribution in [3.63, 3.8) is 0 Å². The third kappa shape index (κ3) is 10.6. The van der Waals surface area contributed by atoms with Gasteiger partial charge in [0.1, 0.15) is 24.7 Å². The Kier molecular flexibility index (Phi) is 11.1. The molecule has 20 heavy (non-hydrogen) atoms. The molecule has 7 N–H and O–H groups in total. The summed E-state index contributed by atoms with van der Waals surface area (Å²) >= 11 is 0. The van der Waals surface area contributed by atoms with Gasteiger partial charge in [0.2, 0.25) is 0 Å². The molecule has 9 nitrogen and oxygen atoms in total. The van der Waals surface area contributed by atoms with Crippen LogP contribution in [0.2, 0.25) is 0 Å². The van der Waals surface area contributed by atoms with E-state index in [1.54, 1.807) is 0 Å². The lowest BCUT2D eigenvalue weighted by Crippen LogP contribution is -2.45. The molecule has 0 aromatic rings. The van der Waals surface area contributed by atoms with Gasteiger partial charge >= 0.3 is 11.9 Å². The van der Waals surface area contributed by atoms with Crippen molar-refractivity contribution in [1.29, 1.82) is 0 Å². The summed E-state index contributed by atoms with van der Waals surface area (Å²) in [5, 5.41) is 43.1. The van der Waals surface area contributed by atoms with E-state index >= 15 is 0 Å². The minimum absolute atomic E-state index is 0.0231. The fourth-order valence-corrected chi connectivity index (χ4v) is 1.34. The minimum Gasteiger partial charge on any atom is -0.481 e. The van der Waals surface area contributed by atoms with Crippen molar-refractivity contribution in [2.24, 2.45) is 5.73 Å². The molecule has 0 spiro atoms. The van der Waals surface area contributed by atoms with Gasteiger partial charge in [0, 0.05) is 6.42 Å². The zero-order valence-corrected chi connectivity index (χ0v) is 11.8. The van der Waals surface area contributed by atoms with Crippen LogP contribution in [-0.4, -0.2) is 67.1 Å². The van der Waals surface area contributed by atoms with E-state index in [4.69, 9.17) is 31.3 Å². The Hall–Kier alpha value is -1.26. The van der Waals surface area contributed by atoms with Crippen LogP contribution in [0, 0.1) is 0 Å². The van der Waals surface area contributed by atoms with E-state index in [2.05, 4.69) is 0 Å². The molecule has 0 aliphatic heterocycles. The number of hydrogen-bond donors (Lipinski definition) is 6. The highest BCUT2D eigenvalue weighted by Crippen LogP contribution is 2.04. The Morgan fingerprint density at radius 2 is 1.35 bits per heavy atom. The van der Waals surface area contributed by atoms with Crippen LogP contribution in [-0.2, 0) is 9.59 Å². The molecule has 0 aromatic heterocycles. The fourth-order valence-electron chi connectivity index (χ4n) is 1.34. The molecule has 0 aromatic carbocycles. The average Bonchev–Trinajstić information content (AvgIpc) is 2.24. The van der Waals surface area contributed by atoms with E-state index in [9.17, 15) is 9.59 Å². The Balaban J connectivity index is 0. The first-order valence-corrected chi connectivity index (χ1v) is 6.02. The highest BCUT2D eigenvalue weighted by atomic mass is 16.4. The van der Waals surface area contributed by atoms with Gasteiger partial charge in [-0.1, -0.05) is 0 Å². The number of carbonyl (C=O) groups is 2. The maximum absolute atomic E-state index is 9.99. The van der Waals surface area contributed by atoms with Crippen LogP contribution in [0.1, 0.15) is 33.6 Å². The molecule has 3 unspecified atom stereocenters. The number of nitrogens with zero attached hydrogens (tertiary/aromatic N) is 1. The van der Waals surface area contributed by atoms with Gasteiger partial charge in [-0.3, -0.25) is 9.59 Å². The number of carboxylic acid groups (broad SMARTS) is 2. The highest BCUT2D eigenvalue weighted by molar-refractivity contribution is 5.74. The molecule has 9 heteroatoms. The third-order valence-corrected chi connectivity index (χ3v) is 2.28. The number of aliphatic hydroxyl groups excluding tert-OH is 3. The van der Waals surface area contributed by atoms with E-state index in [-0.39, 0.29) is 12.8 Å². The first-order valence-electron chi connectivity index (χ1n) is 6.02. The van der Waals surface area contributed by atoms with Crippen LogP contribution in [0.4, 0.5) is 0 Å². The summed E-state index contributed by atoms with van der Waals surface area (Å²) in [6.45, 7) is 4.46. The maximum Gasteiger partial charge on any atom is 0.320 e. The summed E-state index contributed by atoms with van der Waals surface area (Å²) in [5.74, 6) is -2.20. The zero-order valence-electron chi connectivity index (χ0n) is 11.8. The van der Waals surface area contributed by atoms with Crippen LogP contribution in [0.3, 0.4) is 0 Å². The second kappa shape index (κ2) is 10.5. The molecule has 4 atom stereocenters. The van der Waals surface area contributed by atoms with Gasteiger partial charge in [0.05, 0.1) is 0 Å². The second-order valence-electron chi connectivity index (χ2n) is 4.22. The number of aliphatic hydroxyl groups is 3. The van der Waals surface area contributed by atoms with E-state index in [0.717, 1.165) is 0 Å². The van der Waals surface area contributed by atoms with Crippen molar-refractivity contribution in [3.8, 4) is 0 Å². The molecule has 120 valence electrons. The summed E-state index contributed by atoms with van der Waals surface area (Å²) in [6.07, 6.45) is -2.72. The number of rotatable bonds is 7. The lowest BCUT2D eigenvalue weighted by Gasteiger charge is -2.30. The van der Waals surface area contributed by atoms with Gasteiger partial charge in [0.15, 0.2) is 0 Å². The van der Waals surface area contributed by atoms with Crippen LogP contribution in [0.5, 0.6) is 0 Å². The first-order chi connectivity index (χ1) is 9.00. The molecule has 0 saturated carbocycles. The topological polar surface area (TPSA) is 165 Å². The molecule has 0 aliphatic rings. The smallest absolute Gasteiger partial charge is 0.320 e. The summed E-state index contributed by atoms with van der Waals surface area (Å²) < 4.78 is 0. The molecule has 0 heterocycles. The molecule has 0 fully saturated rings. The number of hydrogen-bond acceptors (Lipinski definition) is 7. The van der Waals surface area contributed by atoms with Crippen LogP contribution in [0.25, 0.3) is 0 Å². The maximum atomic E-state index is 9.99. The van der Waals surface area contributed by atoms with Gasteiger partial charge in [-0.25, -0.2) is 4.90 Å². The molecular weight excluding hydrogens is 272 g/mol. The number of nitrogens with two attached hydrogens (primary N) is 1. The molecule has 0 radical (unpaired) electrons. The van der Waals surface area contributed by atoms with Crippen molar-refractivity contribution in [3.05, 3.63) is 0 Å². The van der Waals surface area contributed by atoms with E-state index < -0.39 is 36.7 Å². The summed E-state index contributed by atoms with van der Waals surface area (Å²) in [7, 11) is 0. The standard InChI is InChI=1S/C6H15NO3.C5H9NO4/c1-4(8)7(5(2)9)6(3)10;6-3(5(9)10)1-2-4(7)8/h4-6,8-10H,1-3H3;3H,1-2,6H2,(H,7,8)(H,9,10)/t;3-/m.0/s1. The molecular formula is C11H24N2O7. The van der Waals surface area contributed by atoms with Gasteiger partial charge < -0.3 is 31.3 Å². The van der Waals surface area contributed by atoms with Crippen LogP contribution < -0.4 is 5.73 Å². The SMILES string of the molecule is CC(O)N(C(C)O)C(C)O.N[C@@H](CCC(=O)O)C(=O)O. The molecule has 0 amide bonds. The predicted octanol–water partition coefficient (Wildman–Crippen LogP) is -1.43. The Morgan fingerprint density at radius 3 is 1.50 bits per heavy atom. The van der Waals surface area contributed by atoms with Crippen molar-refractivity contribution in [1.82, 2.24) is 4.90 Å². The van der Waals surface area contributed by atoms with E-state index in [0.29, 0.717) is 0 Å². The van der Waals surface area contributed by atoms with E-state index in [1.165, 1.54) is 25.7 Å². The first kappa shape index (κ1) is 21.0.